The third-order valence-electron chi connectivity index (χ3n) is 5.73. The molecule has 1 atom stereocenters. The van der Waals surface area contributed by atoms with Gasteiger partial charge in [0, 0.05) is 24.5 Å². The van der Waals surface area contributed by atoms with E-state index in [1.54, 1.807) is 28.1 Å². The highest BCUT2D eigenvalue weighted by Gasteiger charge is 2.26. The Bertz CT molecular complexity index is 1340. The van der Waals surface area contributed by atoms with Crippen molar-refractivity contribution in [3.63, 3.8) is 0 Å². The summed E-state index contributed by atoms with van der Waals surface area (Å²) in [5, 5.41) is 13.6. The van der Waals surface area contributed by atoms with E-state index in [0.29, 0.717) is 34.9 Å². The Morgan fingerprint density at radius 1 is 1.38 bits per heavy atom. The van der Waals surface area contributed by atoms with E-state index in [9.17, 15) is 19.6 Å². The molecule has 1 aliphatic rings. The fraction of sp³-hybridized carbons (Fsp3) is 0.348. The van der Waals surface area contributed by atoms with Gasteiger partial charge >= 0.3 is 5.97 Å². The van der Waals surface area contributed by atoms with Gasteiger partial charge in [0.1, 0.15) is 16.8 Å². The van der Waals surface area contributed by atoms with Gasteiger partial charge in [-0.3, -0.25) is 19.0 Å². The molecule has 0 saturated carbocycles. The first kappa shape index (κ1) is 23.4. The molecule has 0 bridgehead atoms. The third kappa shape index (κ3) is 4.64. The second-order valence-corrected chi connectivity index (χ2v) is 8.89. The standard InChI is InChI=1S/C23H24N6O4S/c1-33-18(30)10-26-21(31)17-13-34-20-19(17)27-23(28-8-4-7-16(25)12-28)29(22(20)32)11-15-6-3-2-5-14(15)9-24/h2-3,5-6,13,16H,4,7-8,10-12,25H2,1H3,(H,26,31)/t16-/m1/s1. The molecule has 11 heteroatoms. The molecule has 34 heavy (non-hydrogen) atoms. The van der Waals surface area contributed by atoms with Crippen molar-refractivity contribution in [3.05, 3.63) is 56.7 Å². The Kier molecular flexibility index (Phi) is 6.90. The maximum Gasteiger partial charge on any atom is 0.325 e. The Labute approximate surface area is 199 Å². The lowest BCUT2D eigenvalue weighted by molar-refractivity contribution is -0.139. The first-order chi connectivity index (χ1) is 16.4. The number of piperidine rings is 1. The van der Waals surface area contributed by atoms with E-state index < -0.39 is 11.9 Å². The first-order valence-electron chi connectivity index (χ1n) is 10.8. The minimum atomic E-state index is -0.581. The van der Waals surface area contributed by atoms with Gasteiger partial charge in [0.25, 0.3) is 11.5 Å². The number of nitrogens with zero attached hydrogens (tertiary/aromatic N) is 4. The highest BCUT2D eigenvalue weighted by atomic mass is 32.1. The van der Waals surface area contributed by atoms with E-state index >= 15 is 0 Å². The molecule has 0 aliphatic carbocycles. The number of anilines is 1. The Hall–Kier alpha value is -3.75. The lowest BCUT2D eigenvalue weighted by Gasteiger charge is -2.33. The van der Waals surface area contributed by atoms with Crippen LogP contribution >= 0.6 is 11.3 Å². The average Bonchev–Trinajstić information content (AvgIpc) is 3.28. The van der Waals surface area contributed by atoms with E-state index in [0.717, 1.165) is 24.2 Å². The van der Waals surface area contributed by atoms with Crippen LogP contribution in [0.3, 0.4) is 0 Å². The van der Waals surface area contributed by atoms with Crippen LogP contribution < -0.4 is 21.5 Å². The molecular formula is C23H24N6O4S. The van der Waals surface area contributed by atoms with Crippen molar-refractivity contribution in [2.45, 2.75) is 25.4 Å². The number of carbonyl (C=O) groups is 2. The van der Waals surface area contributed by atoms with Crippen LogP contribution in [0, 0.1) is 11.3 Å². The number of carbonyl (C=O) groups excluding carboxylic acids is 2. The van der Waals surface area contributed by atoms with Gasteiger partial charge in [0.05, 0.1) is 30.9 Å². The molecule has 2 aromatic heterocycles. The molecule has 3 heterocycles. The van der Waals surface area contributed by atoms with Crippen molar-refractivity contribution in [1.82, 2.24) is 14.9 Å². The maximum absolute atomic E-state index is 13.6. The van der Waals surface area contributed by atoms with Crippen molar-refractivity contribution in [2.75, 3.05) is 31.6 Å². The van der Waals surface area contributed by atoms with Gasteiger partial charge in [-0.15, -0.1) is 11.3 Å². The summed E-state index contributed by atoms with van der Waals surface area (Å²) in [6.07, 6.45) is 1.72. The SMILES string of the molecule is COC(=O)CNC(=O)c1csc2c(=O)n(Cc3ccccc3C#N)c(N3CCC[C@@H](N)C3)nc12. The van der Waals surface area contributed by atoms with Crippen molar-refractivity contribution in [2.24, 2.45) is 5.73 Å². The van der Waals surface area contributed by atoms with E-state index in [-0.39, 0.29) is 35.8 Å². The van der Waals surface area contributed by atoms with Gasteiger partial charge in [-0.2, -0.15) is 5.26 Å². The fourth-order valence-corrected chi connectivity index (χ4v) is 4.91. The van der Waals surface area contributed by atoms with E-state index in [1.807, 2.05) is 11.0 Å². The van der Waals surface area contributed by atoms with Gasteiger partial charge in [0.2, 0.25) is 5.95 Å². The molecule has 0 spiro atoms. The largest absolute Gasteiger partial charge is 0.468 e. The van der Waals surface area contributed by atoms with Gasteiger partial charge in [-0.1, -0.05) is 18.2 Å². The molecule has 3 N–H and O–H groups in total. The molecule has 176 valence electrons. The van der Waals surface area contributed by atoms with Crippen molar-refractivity contribution in [3.8, 4) is 6.07 Å². The molecule has 1 fully saturated rings. The second-order valence-electron chi connectivity index (χ2n) is 8.01. The van der Waals surface area contributed by atoms with E-state index in [2.05, 4.69) is 16.1 Å². The highest BCUT2D eigenvalue weighted by molar-refractivity contribution is 7.17. The summed E-state index contributed by atoms with van der Waals surface area (Å²) in [6, 6.07) is 9.21. The number of nitrogens with two attached hydrogens (primary N) is 1. The van der Waals surface area contributed by atoms with Crippen LogP contribution in [0.25, 0.3) is 10.2 Å². The predicted octanol–water partition coefficient (Wildman–Crippen LogP) is 1.21. The lowest BCUT2D eigenvalue weighted by Crippen LogP contribution is -2.45. The van der Waals surface area contributed by atoms with Gasteiger partial charge in [-0.25, -0.2) is 4.98 Å². The summed E-state index contributed by atoms with van der Waals surface area (Å²) in [5.41, 5.74) is 7.56. The van der Waals surface area contributed by atoms with Crippen LogP contribution in [-0.2, 0) is 16.1 Å². The van der Waals surface area contributed by atoms with Crippen LogP contribution in [-0.4, -0.2) is 54.2 Å². The first-order valence-corrected chi connectivity index (χ1v) is 11.7. The summed E-state index contributed by atoms with van der Waals surface area (Å²) in [5.74, 6) is -0.694. The zero-order valence-corrected chi connectivity index (χ0v) is 19.4. The number of hydrogen-bond donors (Lipinski definition) is 2. The summed E-state index contributed by atoms with van der Waals surface area (Å²) < 4.78 is 6.43. The van der Waals surface area contributed by atoms with Crippen LogP contribution in [0.5, 0.6) is 0 Å². The average molecular weight is 481 g/mol. The summed E-state index contributed by atoms with van der Waals surface area (Å²) in [4.78, 5) is 44.5. The third-order valence-corrected chi connectivity index (χ3v) is 6.69. The number of thiophene rings is 1. The molecule has 4 rings (SSSR count). The van der Waals surface area contributed by atoms with E-state index in [4.69, 9.17) is 10.7 Å². The minimum absolute atomic E-state index is 0.0634. The molecule has 1 aromatic carbocycles. The van der Waals surface area contributed by atoms with Crippen LogP contribution in [0.2, 0.25) is 0 Å². The number of methoxy groups -OCH3 is 1. The van der Waals surface area contributed by atoms with Gasteiger partial charge < -0.3 is 20.7 Å². The maximum atomic E-state index is 13.6. The zero-order valence-electron chi connectivity index (χ0n) is 18.6. The number of rotatable bonds is 6. The Morgan fingerprint density at radius 2 is 2.18 bits per heavy atom. The van der Waals surface area contributed by atoms with Crippen LogP contribution in [0.1, 0.15) is 34.3 Å². The molecular weight excluding hydrogens is 456 g/mol. The molecule has 1 amide bonds. The Balaban J connectivity index is 1.82. The van der Waals surface area contributed by atoms with Crippen LogP contribution in [0.15, 0.2) is 34.4 Å². The number of esters is 1. The van der Waals surface area contributed by atoms with E-state index in [1.165, 1.54) is 7.11 Å². The number of ether oxygens (including phenoxy) is 1. The summed E-state index contributed by atoms with van der Waals surface area (Å²) >= 11 is 1.12. The highest BCUT2D eigenvalue weighted by Crippen LogP contribution is 2.26. The Morgan fingerprint density at radius 3 is 2.91 bits per heavy atom. The van der Waals surface area contributed by atoms with Gasteiger partial charge in [0.15, 0.2) is 0 Å². The number of nitriles is 1. The topological polar surface area (TPSA) is 143 Å². The predicted molar refractivity (Wildman–Crippen MR) is 128 cm³/mol. The molecule has 0 radical (unpaired) electrons. The van der Waals surface area contributed by atoms with Crippen molar-refractivity contribution in [1.29, 1.82) is 5.26 Å². The number of nitrogens with one attached hydrogen (secondary N) is 1. The van der Waals surface area contributed by atoms with Crippen molar-refractivity contribution < 1.29 is 14.3 Å². The molecule has 0 unspecified atom stereocenters. The number of hydrogen-bond acceptors (Lipinski definition) is 9. The quantitative estimate of drug-likeness (QED) is 0.501. The second kappa shape index (κ2) is 10.0. The molecule has 3 aromatic rings. The van der Waals surface area contributed by atoms with Gasteiger partial charge in [-0.05, 0) is 24.5 Å². The number of benzene rings is 1. The molecule has 1 saturated heterocycles. The smallest absolute Gasteiger partial charge is 0.325 e. The van der Waals surface area contributed by atoms with Crippen molar-refractivity contribution >= 4 is 39.4 Å². The minimum Gasteiger partial charge on any atom is -0.468 e. The van der Waals surface area contributed by atoms with Crippen LogP contribution in [0.4, 0.5) is 5.95 Å². The summed E-state index contributed by atoms with van der Waals surface area (Å²) in [6.45, 7) is 1.06. The monoisotopic (exact) mass is 480 g/mol. The molecule has 1 aliphatic heterocycles. The lowest BCUT2D eigenvalue weighted by atomic mass is 10.1. The number of amides is 1. The zero-order chi connectivity index (χ0) is 24.2. The summed E-state index contributed by atoms with van der Waals surface area (Å²) in [7, 11) is 1.23. The number of aromatic nitrogens is 2. The normalized spacial score (nSPS) is 15.7. The number of fused-ring (bicyclic) bond motifs is 1. The fourth-order valence-electron chi connectivity index (χ4n) is 3.98. The molecule has 10 nitrogen and oxygen atoms in total.